The molecule has 0 radical (unpaired) electrons. The van der Waals surface area contributed by atoms with E-state index in [2.05, 4.69) is 17.2 Å². The van der Waals surface area contributed by atoms with Crippen molar-refractivity contribution in [3.8, 4) is 0 Å². The fraction of sp³-hybridized carbons (Fsp3) is 0.500. The van der Waals surface area contributed by atoms with Gasteiger partial charge in [-0.2, -0.15) is 0 Å². The van der Waals surface area contributed by atoms with Crippen LogP contribution in [0.5, 0.6) is 0 Å². The van der Waals surface area contributed by atoms with Crippen molar-refractivity contribution in [1.29, 1.82) is 0 Å². The van der Waals surface area contributed by atoms with Crippen molar-refractivity contribution in [2.24, 2.45) is 5.92 Å². The molecule has 3 heteroatoms. The van der Waals surface area contributed by atoms with E-state index >= 15 is 0 Å². The highest BCUT2D eigenvalue weighted by atomic mass is 16.1. The number of nitrogens with one attached hydrogen (secondary N) is 2. The number of aromatic amines is 1. The molecule has 3 rings (SSSR count). The van der Waals surface area contributed by atoms with Gasteiger partial charge in [-0.3, -0.25) is 4.79 Å². The van der Waals surface area contributed by atoms with Crippen LogP contribution in [0.4, 0.5) is 0 Å². The van der Waals surface area contributed by atoms with Crippen molar-refractivity contribution in [3.05, 3.63) is 36.0 Å². The van der Waals surface area contributed by atoms with Gasteiger partial charge in [0.25, 0.3) is 0 Å². The predicted molar refractivity (Wildman–Crippen MR) is 86.6 cm³/mol. The van der Waals surface area contributed by atoms with Crippen LogP contribution < -0.4 is 5.32 Å². The first-order valence-electron chi connectivity index (χ1n) is 8.03. The Hall–Kier alpha value is -1.61. The summed E-state index contributed by atoms with van der Waals surface area (Å²) >= 11 is 0. The normalized spacial score (nSPS) is 24.1. The van der Waals surface area contributed by atoms with Crippen molar-refractivity contribution in [2.75, 3.05) is 0 Å². The lowest BCUT2D eigenvalue weighted by Crippen LogP contribution is -2.45. The largest absolute Gasteiger partial charge is 0.360 e. The standard InChI is InChI=1S/C18H24N2O/c1-12-7-3-5-9-16(12)20-13(2)18(21)15-11-19-17-10-6-4-8-14(15)17/h4,6,8,10-13,16,19-20H,3,5,7,9H2,1-2H3/t12-,13+,16+/m1/s1. The number of aromatic nitrogens is 1. The highest BCUT2D eigenvalue weighted by Gasteiger charge is 2.26. The number of H-pyrrole nitrogens is 1. The van der Waals surface area contributed by atoms with Gasteiger partial charge in [0.15, 0.2) is 5.78 Å². The van der Waals surface area contributed by atoms with Crippen LogP contribution in [-0.2, 0) is 0 Å². The van der Waals surface area contributed by atoms with Crippen LogP contribution in [0.25, 0.3) is 10.9 Å². The Kier molecular flexibility index (Phi) is 4.11. The van der Waals surface area contributed by atoms with Gasteiger partial charge in [-0.15, -0.1) is 0 Å². The Morgan fingerprint density at radius 3 is 2.86 bits per heavy atom. The fourth-order valence-corrected chi connectivity index (χ4v) is 3.47. The third-order valence-corrected chi connectivity index (χ3v) is 4.82. The smallest absolute Gasteiger partial charge is 0.181 e. The van der Waals surface area contributed by atoms with E-state index in [0.29, 0.717) is 12.0 Å². The minimum absolute atomic E-state index is 0.130. The highest BCUT2D eigenvalue weighted by Crippen LogP contribution is 2.25. The van der Waals surface area contributed by atoms with Crippen molar-refractivity contribution >= 4 is 16.7 Å². The first-order valence-corrected chi connectivity index (χ1v) is 8.03. The summed E-state index contributed by atoms with van der Waals surface area (Å²) in [5.41, 5.74) is 1.83. The summed E-state index contributed by atoms with van der Waals surface area (Å²) in [6.45, 7) is 4.28. The lowest BCUT2D eigenvalue weighted by molar-refractivity contribution is 0.0934. The third kappa shape index (κ3) is 2.88. The van der Waals surface area contributed by atoms with Crippen molar-refractivity contribution < 1.29 is 4.79 Å². The number of benzene rings is 1. The van der Waals surface area contributed by atoms with E-state index < -0.39 is 0 Å². The van der Waals surface area contributed by atoms with Gasteiger partial charge in [0.1, 0.15) is 0 Å². The Labute approximate surface area is 126 Å². The van der Waals surface area contributed by atoms with E-state index in [0.717, 1.165) is 16.5 Å². The molecule has 1 saturated carbocycles. The number of carbonyl (C=O) groups is 1. The van der Waals surface area contributed by atoms with Crippen molar-refractivity contribution in [2.45, 2.75) is 51.6 Å². The molecule has 1 aromatic heterocycles. The Bertz CT molecular complexity index is 631. The van der Waals surface area contributed by atoms with Crippen LogP contribution in [0.15, 0.2) is 30.5 Å². The number of Topliss-reactive ketones (excluding diaryl/α,β-unsaturated/α-hetero) is 1. The van der Waals surface area contributed by atoms with Crippen LogP contribution in [0.3, 0.4) is 0 Å². The molecule has 0 unspecified atom stereocenters. The SMILES string of the molecule is C[C@H](N[C@H]1CCCC[C@H]1C)C(=O)c1c[nH]c2ccccc12. The summed E-state index contributed by atoms with van der Waals surface area (Å²) in [5, 5.41) is 4.58. The fourth-order valence-electron chi connectivity index (χ4n) is 3.47. The molecule has 0 aliphatic heterocycles. The van der Waals surface area contributed by atoms with Gasteiger partial charge in [0.05, 0.1) is 6.04 Å². The Morgan fingerprint density at radius 1 is 1.29 bits per heavy atom. The van der Waals surface area contributed by atoms with E-state index in [1.807, 2.05) is 37.4 Å². The average molecular weight is 284 g/mol. The number of fused-ring (bicyclic) bond motifs is 1. The van der Waals surface area contributed by atoms with Gasteiger partial charge in [0, 0.05) is 28.7 Å². The number of carbonyl (C=O) groups excluding carboxylic acids is 1. The molecule has 112 valence electrons. The quantitative estimate of drug-likeness (QED) is 0.836. The second kappa shape index (κ2) is 6.02. The number of hydrogen-bond acceptors (Lipinski definition) is 2. The maximum Gasteiger partial charge on any atom is 0.181 e. The maximum absolute atomic E-state index is 12.7. The zero-order valence-electron chi connectivity index (χ0n) is 12.9. The minimum Gasteiger partial charge on any atom is -0.360 e. The van der Waals surface area contributed by atoms with Crippen LogP contribution in [-0.4, -0.2) is 22.9 Å². The van der Waals surface area contributed by atoms with Crippen LogP contribution >= 0.6 is 0 Å². The van der Waals surface area contributed by atoms with Gasteiger partial charge in [-0.05, 0) is 31.7 Å². The van der Waals surface area contributed by atoms with Gasteiger partial charge in [0.2, 0.25) is 0 Å². The molecular weight excluding hydrogens is 260 g/mol. The summed E-state index contributed by atoms with van der Waals surface area (Å²) in [4.78, 5) is 15.9. The molecular formula is C18H24N2O. The topological polar surface area (TPSA) is 44.9 Å². The summed E-state index contributed by atoms with van der Waals surface area (Å²) in [6.07, 6.45) is 6.90. The maximum atomic E-state index is 12.7. The average Bonchev–Trinajstić information content (AvgIpc) is 2.92. The number of rotatable bonds is 4. The second-order valence-corrected chi connectivity index (χ2v) is 6.37. The third-order valence-electron chi connectivity index (χ3n) is 4.82. The lowest BCUT2D eigenvalue weighted by Gasteiger charge is -2.31. The van der Waals surface area contributed by atoms with E-state index in [4.69, 9.17) is 0 Å². The zero-order valence-corrected chi connectivity index (χ0v) is 12.9. The molecule has 1 aromatic carbocycles. The van der Waals surface area contributed by atoms with Crippen LogP contribution in [0.1, 0.15) is 49.9 Å². The Morgan fingerprint density at radius 2 is 2.05 bits per heavy atom. The van der Waals surface area contributed by atoms with Gasteiger partial charge in [-0.1, -0.05) is 38.0 Å². The Balaban J connectivity index is 1.75. The second-order valence-electron chi connectivity index (χ2n) is 6.37. The van der Waals surface area contributed by atoms with Gasteiger partial charge in [-0.25, -0.2) is 0 Å². The summed E-state index contributed by atoms with van der Waals surface area (Å²) in [6, 6.07) is 8.33. The van der Waals surface area contributed by atoms with Crippen molar-refractivity contribution in [1.82, 2.24) is 10.3 Å². The van der Waals surface area contributed by atoms with Gasteiger partial charge >= 0.3 is 0 Å². The van der Waals surface area contributed by atoms with E-state index in [-0.39, 0.29) is 11.8 Å². The number of hydrogen-bond donors (Lipinski definition) is 2. The predicted octanol–water partition coefficient (Wildman–Crippen LogP) is 3.91. The molecule has 0 bridgehead atoms. The first-order chi connectivity index (χ1) is 10.2. The molecule has 1 fully saturated rings. The molecule has 2 aromatic rings. The lowest BCUT2D eigenvalue weighted by atomic mass is 9.85. The molecule has 1 heterocycles. The van der Waals surface area contributed by atoms with Crippen LogP contribution in [0, 0.1) is 5.92 Å². The molecule has 1 aliphatic rings. The molecule has 0 amide bonds. The summed E-state index contributed by atoms with van der Waals surface area (Å²) < 4.78 is 0. The monoisotopic (exact) mass is 284 g/mol. The van der Waals surface area contributed by atoms with E-state index in [1.165, 1.54) is 25.7 Å². The number of ketones is 1. The zero-order chi connectivity index (χ0) is 14.8. The summed E-state index contributed by atoms with van der Waals surface area (Å²) in [5.74, 6) is 0.849. The molecule has 21 heavy (non-hydrogen) atoms. The summed E-state index contributed by atoms with van der Waals surface area (Å²) in [7, 11) is 0. The van der Waals surface area contributed by atoms with E-state index in [1.54, 1.807) is 0 Å². The minimum atomic E-state index is -0.130. The molecule has 1 aliphatic carbocycles. The molecule has 0 saturated heterocycles. The molecule has 3 atom stereocenters. The molecule has 0 spiro atoms. The number of para-hydroxylation sites is 1. The molecule has 3 nitrogen and oxygen atoms in total. The molecule has 2 N–H and O–H groups in total. The highest BCUT2D eigenvalue weighted by molar-refractivity contribution is 6.10. The van der Waals surface area contributed by atoms with E-state index in [9.17, 15) is 4.79 Å². The first kappa shape index (κ1) is 14.3. The van der Waals surface area contributed by atoms with Crippen molar-refractivity contribution in [3.63, 3.8) is 0 Å². The van der Waals surface area contributed by atoms with Crippen LogP contribution in [0.2, 0.25) is 0 Å². The van der Waals surface area contributed by atoms with Gasteiger partial charge < -0.3 is 10.3 Å².